The molecule has 0 aliphatic rings. The van der Waals surface area contributed by atoms with E-state index in [1.807, 2.05) is 6.07 Å². The van der Waals surface area contributed by atoms with Crippen molar-refractivity contribution in [2.75, 3.05) is 24.6 Å². The smallest absolute Gasteiger partial charge is 0.0602 e. The Morgan fingerprint density at radius 2 is 1.89 bits per heavy atom. The Bertz CT molecular complexity index is 327. The molecule has 1 aromatic carbocycles. The quantitative estimate of drug-likeness (QED) is 0.720. The summed E-state index contributed by atoms with van der Waals surface area (Å²) in [6, 6.07) is 11.0. The third-order valence-corrected chi connectivity index (χ3v) is 3.13. The number of nitrogens with zero attached hydrogens (tertiary/aromatic N) is 1. The number of hydrogen-bond acceptors (Lipinski definition) is 3. The van der Waals surface area contributed by atoms with Crippen LogP contribution in [0.3, 0.4) is 0 Å². The predicted octanol–water partition coefficient (Wildman–Crippen LogP) is 2.65. The Kier molecular flexibility index (Phi) is 7.53. The molecule has 0 saturated heterocycles. The van der Waals surface area contributed by atoms with Crippen LogP contribution in [0.15, 0.2) is 30.3 Å². The lowest BCUT2D eigenvalue weighted by molar-refractivity contribution is 0.236. The van der Waals surface area contributed by atoms with Crippen LogP contribution in [0.2, 0.25) is 0 Å². The van der Waals surface area contributed by atoms with Crippen molar-refractivity contribution < 1.29 is 5.11 Å². The van der Waals surface area contributed by atoms with Gasteiger partial charge in [-0.15, -0.1) is 0 Å². The molecular weight excluding hydrogens is 236 g/mol. The van der Waals surface area contributed by atoms with Gasteiger partial charge in [0.15, 0.2) is 0 Å². The van der Waals surface area contributed by atoms with E-state index in [2.05, 4.69) is 55.3 Å². The monoisotopic (exact) mass is 264 g/mol. The van der Waals surface area contributed by atoms with E-state index in [0.29, 0.717) is 6.04 Å². The summed E-state index contributed by atoms with van der Waals surface area (Å²) in [6.07, 6.45) is 2.36. The summed E-state index contributed by atoms with van der Waals surface area (Å²) in [4.78, 5) is 2.36. The molecule has 1 atom stereocenters. The number of aliphatic hydroxyl groups excluding tert-OH is 1. The summed E-state index contributed by atoms with van der Waals surface area (Å²) in [5.74, 6) is 0. The second-order valence-corrected chi connectivity index (χ2v) is 5.34. The second kappa shape index (κ2) is 8.94. The van der Waals surface area contributed by atoms with E-state index in [9.17, 15) is 5.11 Å². The Labute approximate surface area is 117 Å². The number of rotatable bonds is 9. The Hall–Kier alpha value is -1.06. The maximum atomic E-state index is 9.51. The molecule has 0 fully saturated rings. The van der Waals surface area contributed by atoms with Crippen molar-refractivity contribution in [2.45, 2.75) is 45.7 Å². The molecule has 3 heteroatoms. The lowest BCUT2D eigenvalue weighted by Gasteiger charge is -2.30. The first-order valence-electron chi connectivity index (χ1n) is 7.34. The molecule has 0 aliphatic carbocycles. The van der Waals surface area contributed by atoms with Crippen LogP contribution in [0.1, 0.15) is 33.6 Å². The predicted molar refractivity (Wildman–Crippen MR) is 82.7 cm³/mol. The van der Waals surface area contributed by atoms with E-state index in [1.165, 1.54) is 18.5 Å². The lowest BCUT2D eigenvalue weighted by atomic mass is 10.2. The molecule has 0 heterocycles. The summed E-state index contributed by atoms with van der Waals surface area (Å²) in [6.45, 7) is 8.49. The van der Waals surface area contributed by atoms with E-state index >= 15 is 0 Å². The second-order valence-electron chi connectivity index (χ2n) is 5.34. The molecule has 0 aromatic heterocycles. The SMILES string of the molecule is CCCCN(CC(CO)NC(C)C)c1ccccc1. The van der Waals surface area contributed by atoms with Crippen LogP contribution in [0.25, 0.3) is 0 Å². The highest BCUT2D eigenvalue weighted by atomic mass is 16.3. The summed E-state index contributed by atoms with van der Waals surface area (Å²) in [7, 11) is 0. The first kappa shape index (κ1) is 16.0. The molecule has 2 N–H and O–H groups in total. The fraction of sp³-hybridized carbons (Fsp3) is 0.625. The number of hydrogen-bond donors (Lipinski definition) is 2. The molecule has 0 saturated carbocycles. The molecule has 0 spiro atoms. The minimum atomic E-state index is 0.122. The van der Waals surface area contributed by atoms with Gasteiger partial charge in [-0.05, 0) is 18.6 Å². The van der Waals surface area contributed by atoms with Gasteiger partial charge in [0.05, 0.1) is 6.61 Å². The van der Waals surface area contributed by atoms with Crippen molar-refractivity contribution in [2.24, 2.45) is 0 Å². The minimum Gasteiger partial charge on any atom is -0.395 e. The van der Waals surface area contributed by atoms with Gasteiger partial charge in [-0.2, -0.15) is 0 Å². The number of anilines is 1. The van der Waals surface area contributed by atoms with Crippen molar-refractivity contribution in [3.05, 3.63) is 30.3 Å². The highest BCUT2D eigenvalue weighted by Gasteiger charge is 2.14. The van der Waals surface area contributed by atoms with Crippen molar-refractivity contribution >= 4 is 5.69 Å². The van der Waals surface area contributed by atoms with E-state index in [4.69, 9.17) is 0 Å². The molecular formula is C16H28N2O. The number of para-hydroxylation sites is 1. The summed E-state index contributed by atoms with van der Waals surface area (Å²) in [5, 5.41) is 12.9. The third-order valence-electron chi connectivity index (χ3n) is 3.13. The summed E-state index contributed by atoms with van der Waals surface area (Å²) in [5.41, 5.74) is 1.24. The zero-order valence-electron chi connectivity index (χ0n) is 12.5. The van der Waals surface area contributed by atoms with Gasteiger partial charge in [-0.3, -0.25) is 0 Å². The molecule has 0 amide bonds. The fourth-order valence-corrected chi connectivity index (χ4v) is 2.21. The third kappa shape index (κ3) is 6.08. The van der Waals surface area contributed by atoms with Gasteiger partial charge in [0.1, 0.15) is 0 Å². The van der Waals surface area contributed by atoms with Crippen LogP contribution < -0.4 is 10.2 Å². The topological polar surface area (TPSA) is 35.5 Å². The lowest BCUT2D eigenvalue weighted by Crippen LogP contribution is -2.46. The van der Waals surface area contributed by atoms with Crippen molar-refractivity contribution in [1.82, 2.24) is 5.32 Å². The number of aliphatic hydroxyl groups is 1. The average molecular weight is 264 g/mol. The molecule has 108 valence electrons. The van der Waals surface area contributed by atoms with E-state index in [0.717, 1.165) is 13.1 Å². The van der Waals surface area contributed by atoms with Crippen molar-refractivity contribution in [1.29, 1.82) is 0 Å². The number of benzene rings is 1. The average Bonchev–Trinajstić information content (AvgIpc) is 2.42. The highest BCUT2D eigenvalue weighted by molar-refractivity contribution is 5.46. The van der Waals surface area contributed by atoms with Crippen LogP contribution in [-0.2, 0) is 0 Å². The fourth-order valence-electron chi connectivity index (χ4n) is 2.21. The Balaban J connectivity index is 2.68. The highest BCUT2D eigenvalue weighted by Crippen LogP contribution is 2.14. The normalized spacial score (nSPS) is 12.7. The molecule has 0 radical (unpaired) electrons. The van der Waals surface area contributed by atoms with Crippen LogP contribution in [0.4, 0.5) is 5.69 Å². The van der Waals surface area contributed by atoms with Gasteiger partial charge in [-0.1, -0.05) is 45.4 Å². The molecule has 1 unspecified atom stereocenters. The molecule has 0 bridgehead atoms. The van der Waals surface area contributed by atoms with Gasteiger partial charge < -0.3 is 15.3 Å². The van der Waals surface area contributed by atoms with Crippen molar-refractivity contribution in [3.63, 3.8) is 0 Å². The number of unbranched alkanes of at least 4 members (excludes halogenated alkanes) is 1. The van der Waals surface area contributed by atoms with E-state index < -0.39 is 0 Å². The maximum absolute atomic E-state index is 9.51. The minimum absolute atomic E-state index is 0.122. The molecule has 0 aliphatic heterocycles. The van der Waals surface area contributed by atoms with Gasteiger partial charge in [0.2, 0.25) is 0 Å². The molecule has 1 rings (SSSR count). The summed E-state index contributed by atoms with van der Waals surface area (Å²) < 4.78 is 0. The standard InChI is InChI=1S/C16H28N2O/c1-4-5-11-18(16-9-7-6-8-10-16)12-15(13-19)17-14(2)3/h6-10,14-15,17,19H,4-5,11-13H2,1-3H3. The zero-order valence-corrected chi connectivity index (χ0v) is 12.5. The number of nitrogens with one attached hydrogen (secondary N) is 1. The summed E-state index contributed by atoms with van der Waals surface area (Å²) >= 11 is 0. The largest absolute Gasteiger partial charge is 0.395 e. The van der Waals surface area contributed by atoms with E-state index in [1.54, 1.807) is 0 Å². The maximum Gasteiger partial charge on any atom is 0.0602 e. The van der Waals surface area contributed by atoms with Crippen LogP contribution >= 0.6 is 0 Å². The first-order valence-corrected chi connectivity index (χ1v) is 7.34. The van der Waals surface area contributed by atoms with E-state index in [-0.39, 0.29) is 12.6 Å². The zero-order chi connectivity index (χ0) is 14.1. The van der Waals surface area contributed by atoms with Gasteiger partial charge >= 0.3 is 0 Å². The van der Waals surface area contributed by atoms with Crippen LogP contribution in [0, 0.1) is 0 Å². The Morgan fingerprint density at radius 1 is 1.21 bits per heavy atom. The molecule has 3 nitrogen and oxygen atoms in total. The molecule has 19 heavy (non-hydrogen) atoms. The Morgan fingerprint density at radius 3 is 2.42 bits per heavy atom. The van der Waals surface area contributed by atoms with Gasteiger partial charge in [0, 0.05) is 30.9 Å². The van der Waals surface area contributed by atoms with Crippen LogP contribution in [0.5, 0.6) is 0 Å². The van der Waals surface area contributed by atoms with Gasteiger partial charge in [-0.25, -0.2) is 0 Å². The van der Waals surface area contributed by atoms with Crippen molar-refractivity contribution in [3.8, 4) is 0 Å². The first-order chi connectivity index (χ1) is 9.17. The van der Waals surface area contributed by atoms with Crippen LogP contribution in [-0.4, -0.2) is 36.9 Å². The molecule has 1 aromatic rings. The van der Waals surface area contributed by atoms with Gasteiger partial charge in [0.25, 0.3) is 0 Å².